The summed E-state index contributed by atoms with van der Waals surface area (Å²) in [6, 6.07) is 9.26. The second-order valence-corrected chi connectivity index (χ2v) is 7.45. The van der Waals surface area contributed by atoms with Crippen LogP contribution < -0.4 is 16.6 Å². The van der Waals surface area contributed by atoms with Gasteiger partial charge in [0.15, 0.2) is 0 Å². The number of rotatable bonds is 4. The molecule has 8 heteroatoms. The van der Waals surface area contributed by atoms with E-state index in [4.69, 9.17) is 0 Å². The van der Waals surface area contributed by atoms with Gasteiger partial charge in [0.25, 0.3) is 5.56 Å². The minimum atomic E-state index is -0.336. The predicted molar refractivity (Wildman–Crippen MR) is 119 cm³/mol. The van der Waals surface area contributed by atoms with Gasteiger partial charge >= 0.3 is 5.69 Å². The Morgan fingerprint density at radius 1 is 1.10 bits per heavy atom. The number of aromatic nitrogens is 2. The van der Waals surface area contributed by atoms with E-state index in [1.54, 1.807) is 10.5 Å². The minimum absolute atomic E-state index is 0. The number of carbonyl (C=O) groups is 1. The topological polar surface area (TPSA) is 75.8 Å². The maximum atomic E-state index is 13.3. The van der Waals surface area contributed by atoms with E-state index in [1.165, 1.54) is 11.5 Å². The Bertz CT molecular complexity index is 1350. The zero-order chi connectivity index (χ0) is 20.2. The van der Waals surface area contributed by atoms with Gasteiger partial charge in [0.2, 0.25) is 5.91 Å². The van der Waals surface area contributed by atoms with Crippen molar-refractivity contribution in [3.63, 3.8) is 0 Å². The van der Waals surface area contributed by atoms with Crippen molar-refractivity contribution >= 4 is 51.2 Å². The van der Waals surface area contributed by atoms with Gasteiger partial charge in [0.05, 0.1) is 16.4 Å². The Morgan fingerprint density at radius 3 is 2.45 bits per heavy atom. The average Bonchev–Trinajstić information content (AvgIpc) is 2.93. The summed E-state index contributed by atoms with van der Waals surface area (Å²) in [7, 11) is 3.81. The summed E-state index contributed by atoms with van der Waals surface area (Å²) in [5.74, 6) is -0.155. The summed E-state index contributed by atoms with van der Waals surface area (Å²) in [5, 5.41) is 5.01. The molecule has 0 saturated carbocycles. The Labute approximate surface area is 173 Å². The molecule has 152 valence electrons. The van der Waals surface area contributed by atoms with Crippen molar-refractivity contribution in [2.45, 2.75) is 20.4 Å². The van der Waals surface area contributed by atoms with Gasteiger partial charge in [-0.25, -0.2) is 4.79 Å². The molecule has 0 bridgehead atoms. The highest BCUT2D eigenvalue weighted by molar-refractivity contribution is 6.14. The number of nitrogens with zero attached hydrogens (tertiary/aromatic N) is 3. The largest absolute Gasteiger partial charge is 0.336 e. The zero-order valence-corrected chi connectivity index (χ0v) is 17.6. The number of amides is 1. The molecule has 0 aliphatic heterocycles. The van der Waals surface area contributed by atoms with Gasteiger partial charge in [-0.05, 0) is 44.8 Å². The van der Waals surface area contributed by atoms with Crippen molar-refractivity contribution in [3.05, 3.63) is 56.7 Å². The molecule has 0 fully saturated rings. The van der Waals surface area contributed by atoms with Crippen LogP contribution >= 0.6 is 12.4 Å². The van der Waals surface area contributed by atoms with Crippen LogP contribution in [0, 0.1) is 6.92 Å². The van der Waals surface area contributed by atoms with Gasteiger partial charge in [-0.2, -0.15) is 0 Å². The summed E-state index contributed by atoms with van der Waals surface area (Å²) in [6.45, 7) is 4.26. The predicted octanol–water partition coefficient (Wildman–Crippen LogP) is 2.46. The SMILES string of the molecule is CC(=O)Nc1cc2c3cccc4c(=O)n(CCN(C)C)c(=O)n(c2cc1C)c43.Cl. The number of hydrogen-bond acceptors (Lipinski definition) is 4. The minimum Gasteiger partial charge on any atom is -0.326 e. The molecule has 0 unspecified atom stereocenters. The number of anilines is 1. The second-order valence-electron chi connectivity index (χ2n) is 7.45. The summed E-state index contributed by atoms with van der Waals surface area (Å²) < 4.78 is 2.93. The second kappa shape index (κ2) is 7.50. The standard InChI is InChI=1S/C21H22N4O3.ClH/c1-12-10-18-16(11-17(12)22-13(2)26)14-6-5-7-15-19(14)25(18)21(28)24(20(15)27)9-8-23(3)4;/h5-7,10-11H,8-9H2,1-4H3,(H,22,26);1H. The van der Waals surface area contributed by atoms with Crippen molar-refractivity contribution in [1.82, 2.24) is 13.9 Å². The quantitative estimate of drug-likeness (QED) is 0.556. The van der Waals surface area contributed by atoms with Gasteiger partial charge in [-0.3, -0.25) is 18.6 Å². The molecule has 0 aliphatic rings. The third-order valence-electron chi connectivity index (χ3n) is 5.11. The van der Waals surface area contributed by atoms with E-state index in [2.05, 4.69) is 5.32 Å². The number of halogens is 1. The number of aryl methyl sites for hydroxylation is 1. The number of carbonyl (C=O) groups excluding carboxylic acids is 1. The Hall–Kier alpha value is -2.90. The fourth-order valence-corrected chi connectivity index (χ4v) is 3.76. The first kappa shape index (κ1) is 20.8. The van der Waals surface area contributed by atoms with Crippen LogP contribution in [0.2, 0.25) is 0 Å². The van der Waals surface area contributed by atoms with Gasteiger partial charge in [-0.1, -0.05) is 12.1 Å². The van der Waals surface area contributed by atoms with Crippen molar-refractivity contribution in [3.8, 4) is 0 Å². The fraction of sp³-hybridized carbons (Fsp3) is 0.286. The van der Waals surface area contributed by atoms with Crippen LogP contribution in [0.1, 0.15) is 12.5 Å². The number of nitrogens with one attached hydrogen (secondary N) is 1. The fourth-order valence-electron chi connectivity index (χ4n) is 3.76. The van der Waals surface area contributed by atoms with Crippen molar-refractivity contribution in [1.29, 1.82) is 0 Å². The highest BCUT2D eigenvalue weighted by Crippen LogP contribution is 2.33. The van der Waals surface area contributed by atoms with E-state index < -0.39 is 0 Å². The first-order chi connectivity index (χ1) is 13.3. The summed E-state index contributed by atoms with van der Waals surface area (Å²) in [5.41, 5.74) is 2.32. The molecule has 4 aromatic rings. The van der Waals surface area contributed by atoms with Crippen molar-refractivity contribution < 1.29 is 4.79 Å². The van der Waals surface area contributed by atoms with Gasteiger partial charge in [-0.15, -0.1) is 12.4 Å². The molecule has 1 N–H and O–H groups in total. The van der Waals surface area contributed by atoms with Crippen molar-refractivity contribution in [2.75, 3.05) is 26.0 Å². The van der Waals surface area contributed by atoms with E-state index >= 15 is 0 Å². The maximum Gasteiger partial charge on any atom is 0.336 e. The van der Waals surface area contributed by atoms with E-state index in [0.29, 0.717) is 29.7 Å². The third kappa shape index (κ3) is 3.26. The third-order valence-corrected chi connectivity index (χ3v) is 5.11. The van der Waals surface area contributed by atoms with Crippen LogP contribution in [-0.4, -0.2) is 40.4 Å². The zero-order valence-electron chi connectivity index (χ0n) is 16.8. The molecule has 7 nitrogen and oxygen atoms in total. The van der Waals surface area contributed by atoms with Crippen LogP contribution in [0.3, 0.4) is 0 Å². The Morgan fingerprint density at radius 2 is 1.79 bits per heavy atom. The summed E-state index contributed by atoms with van der Waals surface area (Å²) in [6.07, 6.45) is 0. The highest BCUT2D eigenvalue weighted by atomic mass is 35.5. The molecular formula is C21H23ClN4O3. The van der Waals surface area contributed by atoms with Gasteiger partial charge in [0, 0.05) is 36.5 Å². The molecule has 2 aromatic heterocycles. The monoisotopic (exact) mass is 414 g/mol. The molecule has 0 radical (unpaired) electrons. The van der Waals surface area contributed by atoms with Crippen LogP contribution in [-0.2, 0) is 11.3 Å². The van der Waals surface area contributed by atoms with Crippen LogP contribution in [0.25, 0.3) is 27.2 Å². The lowest BCUT2D eigenvalue weighted by atomic mass is 10.1. The molecule has 0 aliphatic carbocycles. The molecule has 2 aromatic carbocycles. The van der Waals surface area contributed by atoms with Crippen LogP contribution in [0.5, 0.6) is 0 Å². The Kier molecular flexibility index (Phi) is 5.38. The van der Waals surface area contributed by atoms with Gasteiger partial charge < -0.3 is 10.2 Å². The number of fused-ring (bicyclic) bond motifs is 3. The van der Waals surface area contributed by atoms with E-state index in [9.17, 15) is 14.4 Å². The number of para-hydroxylation sites is 1. The van der Waals surface area contributed by atoms with Crippen LogP contribution in [0.4, 0.5) is 5.69 Å². The molecular weight excluding hydrogens is 392 g/mol. The summed E-state index contributed by atoms with van der Waals surface area (Å²) in [4.78, 5) is 39.7. The lowest BCUT2D eigenvalue weighted by molar-refractivity contribution is -0.114. The highest BCUT2D eigenvalue weighted by Gasteiger charge is 2.19. The molecule has 0 spiro atoms. The first-order valence-electron chi connectivity index (χ1n) is 9.16. The number of benzene rings is 2. The summed E-state index contributed by atoms with van der Waals surface area (Å²) >= 11 is 0. The van der Waals surface area contributed by atoms with E-state index in [0.717, 1.165) is 21.9 Å². The molecule has 0 saturated heterocycles. The molecule has 4 rings (SSSR count). The van der Waals surface area contributed by atoms with E-state index in [-0.39, 0.29) is 29.6 Å². The molecule has 0 atom stereocenters. The lowest BCUT2D eigenvalue weighted by Gasteiger charge is -2.12. The maximum absolute atomic E-state index is 13.3. The Balaban J connectivity index is 0.00000240. The molecule has 2 heterocycles. The normalized spacial score (nSPS) is 11.5. The average molecular weight is 415 g/mol. The van der Waals surface area contributed by atoms with Gasteiger partial charge in [0.1, 0.15) is 0 Å². The number of likely N-dealkylation sites (N-methyl/N-ethyl adjacent to an activating group) is 1. The van der Waals surface area contributed by atoms with E-state index in [1.807, 2.05) is 50.2 Å². The first-order valence-corrected chi connectivity index (χ1v) is 9.16. The molecule has 1 amide bonds. The lowest BCUT2D eigenvalue weighted by Crippen LogP contribution is -2.39. The van der Waals surface area contributed by atoms with Crippen LogP contribution in [0.15, 0.2) is 39.9 Å². The smallest absolute Gasteiger partial charge is 0.326 e. The number of hydrogen-bond donors (Lipinski definition) is 1. The van der Waals surface area contributed by atoms with Crippen molar-refractivity contribution in [2.24, 2.45) is 0 Å². The molecule has 29 heavy (non-hydrogen) atoms.